The molecule has 1 heteroatoms. The van der Waals surface area contributed by atoms with Crippen molar-refractivity contribution < 1.29 is 0 Å². The van der Waals surface area contributed by atoms with Gasteiger partial charge < -0.3 is 5.73 Å². The zero-order valence-electron chi connectivity index (χ0n) is 6.83. The molecular formula is C10H14N. The lowest BCUT2D eigenvalue weighted by Crippen LogP contribution is -2.22. The highest BCUT2D eigenvalue weighted by Gasteiger charge is 2.08. The molecule has 0 bridgehead atoms. The van der Waals surface area contributed by atoms with E-state index in [1.807, 2.05) is 25.1 Å². The van der Waals surface area contributed by atoms with E-state index in [1.54, 1.807) is 0 Å². The average molecular weight is 148 g/mol. The Bertz CT molecular complexity index is 203. The van der Waals surface area contributed by atoms with Crippen molar-refractivity contribution in [2.24, 2.45) is 5.73 Å². The molecule has 59 valence electrons. The van der Waals surface area contributed by atoms with E-state index in [0.29, 0.717) is 0 Å². The van der Waals surface area contributed by atoms with E-state index in [4.69, 9.17) is 5.73 Å². The smallest absolute Gasteiger partial charge is 0.00793 e. The van der Waals surface area contributed by atoms with Gasteiger partial charge in [-0.1, -0.05) is 30.3 Å². The van der Waals surface area contributed by atoms with Crippen LogP contribution in [-0.2, 0) is 0 Å². The van der Waals surface area contributed by atoms with E-state index in [2.05, 4.69) is 19.1 Å². The monoisotopic (exact) mass is 148 g/mol. The highest BCUT2D eigenvalue weighted by Crippen LogP contribution is 2.15. The average Bonchev–Trinajstić information content (AvgIpc) is 2.05. The lowest BCUT2D eigenvalue weighted by atomic mass is 9.95. The lowest BCUT2D eigenvalue weighted by Gasteiger charge is -2.14. The van der Waals surface area contributed by atoms with Gasteiger partial charge in [0.15, 0.2) is 0 Å². The predicted molar refractivity (Wildman–Crippen MR) is 48.2 cm³/mol. The van der Waals surface area contributed by atoms with Gasteiger partial charge in [0.05, 0.1) is 0 Å². The summed E-state index contributed by atoms with van der Waals surface area (Å²) in [5, 5.41) is 0. The van der Waals surface area contributed by atoms with Crippen LogP contribution in [0.4, 0.5) is 0 Å². The molecule has 2 N–H and O–H groups in total. The van der Waals surface area contributed by atoms with Gasteiger partial charge in [-0.2, -0.15) is 0 Å². The first-order valence-electron chi connectivity index (χ1n) is 3.85. The topological polar surface area (TPSA) is 26.0 Å². The minimum atomic E-state index is 0.123. The Morgan fingerprint density at radius 3 is 2.27 bits per heavy atom. The summed E-state index contributed by atoms with van der Waals surface area (Å²) >= 11 is 0. The van der Waals surface area contributed by atoms with Crippen molar-refractivity contribution in [2.75, 3.05) is 0 Å². The van der Waals surface area contributed by atoms with E-state index < -0.39 is 0 Å². The Morgan fingerprint density at radius 2 is 1.82 bits per heavy atom. The summed E-state index contributed by atoms with van der Waals surface area (Å²) in [5.41, 5.74) is 6.92. The molecular weight excluding hydrogens is 134 g/mol. The quantitative estimate of drug-likeness (QED) is 0.681. The fourth-order valence-corrected chi connectivity index (χ4v) is 1.00. The van der Waals surface area contributed by atoms with Crippen LogP contribution in [-0.4, -0.2) is 6.04 Å². The second-order valence-electron chi connectivity index (χ2n) is 2.88. The zero-order valence-corrected chi connectivity index (χ0v) is 6.83. The maximum atomic E-state index is 5.71. The molecule has 0 saturated carbocycles. The zero-order chi connectivity index (χ0) is 8.27. The lowest BCUT2D eigenvalue weighted by molar-refractivity contribution is 0.659. The van der Waals surface area contributed by atoms with Crippen LogP contribution in [0.15, 0.2) is 30.3 Å². The number of nitrogens with two attached hydrogens (primary N) is 1. The normalized spacial score (nSPS) is 15.9. The van der Waals surface area contributed by atoms with Crippen LogP contribution in [0.25, 0.3) is 0 Å². The number of hydrogen-bond acceptors (Lipinski definition) is 1. The molecule has 1 aromatic carbocycles. The summed E-state index contributed by atoms with van der Waals surface area (Å²) in [6.07, 6.45) is 0. The molecule has 0 spiro atoms. The predicted octanol–water partition coefficient (Wildman–Crippen LogP) is 1.95. The number of rotatable bonds is 2. The molecule has 1 aromatic rings. The highest BCUT2D eigenvalue weighted by atomic mass is 14.6. The van der Waals surface area contributed by atoms with E-state index >= 15 is 0 Å². The van der Waals surface area contributed by atoms with Crippen LogP contribution >= 0.6 is 0 Å². The van der Waals surface area contributed by atoms with Gasteiger partial charge in [-0.3, -0.25) is 0 Å². The van der Waals surface area contributed by atoms with Crippen LogP contribution in [0.1, 0.15) is 18.4 Å². The molecule has 0 amide bonds. The van der Waals surface area contributed by atoms with Gasteiger partial charge in [0.1, 0.15) is 0 Å². The fraction of sp³-hybridized carbons (Fsp3) is 0.300. The Morgan fingerprint density at radius 1 is 1.27 bits per heavy atom. The van der Waals surface area contributed by atoms with Crippen LogP contribution in [0.5, 0.6) is 0 Å². The Hall–Kier alpha value is -0.820. The Kier molecular flexibility index (Phi) is 2.66. The molecule has 1 unspecified atom stereocenters. The maximum absolute atomic E-state index is 5.71. The third kappa shape index (κ3) is 2.05. The summed E-state index contributed by atoms with van der Waals surface area (Å²) in [7, 11) is 0. The Balaban J connectivity index is 2.77. The third-order valence-electron chi connectivity index (χ3n) is 1.86. The van der Waals surface area contributed by atoms with Crippen LogP contribution in [0, 0.1) is 6.92 Å². The van der Waals surface area contributed by atoms with Gasteiger partial charge in [0, 0.05) is 6.04 Å². The molecule has 2 atom stereocenters. The standard InChI is InChI=1S/C10H14N/c1-8(9(2)11)10-6-4-3-5-7-10/h3-9H,1,11H2,2H3/t8-,9?/m1/s1. The van der Waals surface area contributed by atoms with Crippen molar-refractivity contribution in [1.82, 2.24) is 0 Å². The molecule has 0 heterocycles. The summed E-state index contributed by atoms with van der Waals surface area (Å²) in [5.74, 6) is 0.205. The van der Waals surface area contributed by atoms with Gasteiger partial charge in [-0.15, -0.1) is 0 Å². The second-order valence-corrected chi connectivity index (χ2v) is 2.88. The van der Waals surface area contributed by atoms with E-state index in [9.17, 15) is 0 Å². The molecule has 0 saturated heterocycles. The highest BCUT2D eigenvalue weighted by molar-refractivity contribution is 5.21. The molecule has 1 rings (SSSR count). The number of benzene rings is 1. The Labute approximate surface area is 68.2 Å². The van der Waals surface area contributed by atoms with E-state index in [-0.39, 0.29) is 12.0 Å². The van der Waals surface area contributed by atoms with Crippen molar-refractivity contribution in [2.45, 2.75) is 18.9 Å². The van der Waals surface area contributed by atoms with E-state index in [0.717, 1.165) is 0 Å². The van der Waals surface area contributed by atoms with Gasteiger partial charge in [0.25, 0.3) is 0 Å². The van der Waals surface area contributed by atoms with Crippen LogP contribution in [0.3, 0.4) is 0 Å². The summed E-state index contributed by atoms with van der Waals surface area (Å²) in [6, 6.07) is 10.3. The SMILES string of the molecule is [CH2][C@@H](c1ccccc1)C(C)N. The third-order valence-corrected chi connectivity index (χ3v) is 1.86. The summed E-state index contributed by atoms with van der Waals surface area (Å²) < 4.78 is 0. The molecule has 1 nitrogen and oxygen atoms in total. The van der Waals surface area contributed by atoms with Crippen molar-refractivity contribution in [3.8, 4) is 0 Å². The number of hydrogen-bond donors (Lipinski definition) is 1. The van der Waals surface area contributed by atoms with Crippen molar-refractivity contribution in [3.05, 3.63) is 42.8 Å². The first kappa shape index (κ1) is 8.28. The summed E-state index contributed by atoms with van der Waals surface area (Å²) in [4.78, 5) is 0. The van der Waals surface area contributed by atoms with Crippen LogP contribution < -0.4 is 5.73 Å². The van der Waals surface area contributed by atoms with Gasteiger partial charge in [-0.25, -0.2) is 0 Å². The van der Waals surface area contributed by atoms with Crippen molar-refractivity contribution in [3.63, 3.8) is 0 Å². The maximum Gasteiger partial charge on any atom is 0.00793 e. The second kappa shape index (κ2) is 3.54. The van der Waals surface area contributed by atoms with Gasteiger partial charge >= 0.3 is 0 Å². The molecule has 11 heavy (non-hydrogen) atoms. The molecule has 0 aliphatic carbocycles. The van der Waals surface area contributed by atoms with E-state index in [1.165, 1.54) is 5.56 Å². The van der Waals surface area contributed by atoms with Crippen LogP contribution in [0.2, 0.25) is 0 Å². The van der Waals surface area contributed by atoms with Gasteiger partial charge in [0.2, 0.25) is 0 Å². The summed E-state index contributed by atoms with van der Waals surface area (Å²) in [6.45, 7) is 5.96. The molecule has 0 fully saturated rings. The van der Waals surface area contributed by atoms with Crippen molar-refractivity contribution >= 4 is 0 Å². The molecule has 0 aliphatic rings. The molecule has 1 radical (unpaired) electrons. The largest absolute Gasteiger partial charge is 0.327 e. The molecule has 0 aromatic heterocycles. The first-order valence-corrected chi connectivity index (χ1v) is 3.85. The first-order chi connectivity index (χ1) is 5.22. The minimum Gasteiger partial charge on any atom is -0.327 e. The minimum absolute atomic E-state index is 0.123. The molecule has 0 aliphatic heterocycles. The fourth-order valence-electron chi connectivity index (χ4n) is 1.00. The van der Waals surface area contributed by atoms with Gasteiger partial charge in [-0.05, 0) is 25.3 Å². The van der Waals surface area contributed by atoms with Crippen molar-refractivity contribution in [1.29, 1.82) is 0 Å².